The van der Waals surface area contributed by atoms with Crippen LogP contribution in [0.5, 0.6) is 0 Å². The molecule has 0 unspecified atom stereocenters. The first kappa shape index (κ1) is 19.2. The fourth-order valence-corrected chi connectivity index (χ4v) is 3.46. The molecule has 2 N–H and O–H groups in total. The number of furan rings is 1. The van der Waals surface area contributed by atoms with Crippen LogP contribution < -0.4 is 5.32 Å². The van der Waals surface area contributed by atoms with Crippen LogP contribution in [0.2, 0.25) is 5.02 Å². The van der Waals surface area contributed by atoms with Gasteiger partial charge in [-0.15, -0.1) is 0 Å². The van der Waals surface area contributed by atoms with E-state index in [1.165, 1.54) is 12.1 Å². The standard InChI is InChI=1S/C20H20ClFN2O3/c1-12-17(10-23-9-16-4-3-7-27-16)19(20(25)26)13(2)24(12)11-14-5-6-15(22)8-18(14)21/h3-8,23H,9-11H2,1-2H3,(H,25,26). The molecule has 5 nitrogen and oxygen atoms in total. The molecule has 0 atom stereocenters. The number of rotatable bonds is 7. The lowest BCUT2D eigenvalue weighted by molar-refractivity contribution is 0.0694. The quantitative estimate of drug-likeness (QED) is 0.622. The Labute approximate surface area is 161 Å². The summed E-state index contributed by atoms with van der Waals surface area (Å²) >= 11 is 6.14. The molecule has 7 heteroatoms. The van der Waals surface area contributed by atoms with Crippen LogP contribution in [0, 0.1) is 19.7 Å². The van der Waals surface area contributed by atoms with Crippen LogP contribution in [-0.2, 0) is 19.6 Å². The lowest BCUT2D eigenvalue weighted by atomic mass is 10.1. The van der Waals surface area contributed by atoms with Crippen LogP contribution in [0.15, 0.2) is 41.0 Å². The highest BCUT2D eigenvalue weighted by Crippen LogP contribution is 2.26. The van der Waals surface area contributed by atoms with Gasteiger partial charge in [-0.25, -0.2) is 9.18 Å². The summed E-state index contributed by atoms with van der Waals surface area (Å²) in [7, 11) is 0. The average Bonchev–Trinajstić information content (AvgIpc) is 3.19. The molecule has 0 radical (unpaired) electrons. The van der Waals surface area contributed by atoms with Gasteiger partial charge in [-0.3, -0.25) is 0 Å². The van der Waals surface area contributed by atoms with Crippen molar-refractivity contribution in [1.29, 1.82) is 0 Å². The Balaban J connectivity index is 1.89. The number of hydrogen-bond acceptors (Lipinski definition) is 3. The van der Waals surface area contributed by atoms with Crippen LogP contribution >= 0.6 is 11.6 Å². The van der Waals surface area contributed by atoms with Gasteiger partial charge in [0.25, 0.3) is 0 Å². The molecule has 3 aromatic rings. The van der Waals surface area contributed by atoms with Gasteiger partial charge in [-0.2, -0.15) is 0 Å². The molecule has 0 aliphatic carbocycles. The number of aromatic carboxylic acids is 1. The van der Waals surface area contributed by atoms with Gasteiger partial charge < -0.3 is 19.4 Å². The molecule has 0 amide bonds. The van der Waals surface area contributed by atoms with Crippen molar-refractivity contribution < 1.29 is 18.7 Å². The maximum absolute atomic E-state index is 13.3. The summed E-state index contributed by atoms with van der Waals surface area (Å²) < 4.78 is 20.5. The number of benzene rings is 1. The van der Waals surface area contributed by atoms with Crippen LogP contribution in [0.1, 0.15) is 38.6 Å². The molecule has 0 spiro atoms. The van der Waals surface area contributed by atoms with Gasteiger partial charge >= 0.3 is 5.97 Å². The molecule has 0 saturated heterocycles. The fraction of sp³-hybridized carbons (Fsp3) is 0.250. The van der Waals surface area contributed by atoms with Crippen molar-refractivity contribution in [2.24, 2.45) is 0 Å². The van der Waals surface area contributed by atoms with Gasteiger partial charge in [0, 0.05) is 35.1 Å². The summed E-state index contributed by atoms with van der Waals surface area (Å²) in [4.78, 5) is 11.8. The summed E-state index contributed by atoms with van der Waals surface area (Å²) in [6.45, 7) is 4.90. The van der Waals surface area contributed by atoms with Gasteiger partial charge in [-0.1, -0.05) is 17.7 Å². The first-order valence-corrected chi connectivity index (χ1v) is 8.85. The lowest BCUT2D eigenvalue weighted by Crippen LogP contribution is -2.15. The Bertz CT molecular complexity index is 964. The Morgan fingerprint density at radius 1 is 1.26 bits per heavy atom. The molecule has 0 aliphatic rings. The molecule has 2 heterocycles. The van der Waals surface area contributed by atoms with Crippen LogP contribution in [0.3, 0.4) is 0 Å². The van der Waals surface area contributed by atoms with E-state index in [4.69, 9.17) is 16.0 Å². The van der Waals surface area contributed by atoms with Crippen LogP contribution in [0.25, 0.3) is 0 Å². The van der Waals surface area contributed by atoms with E-state index in [-0.39, 0.29) is 5.56 Å². The number of halogens is 2. The molecule has 0 fully saturated rings. The molecule has 2 aromatic heterocycles. The summed E-state index contributed by atoms with van der Waals surface area (Å²) in [5.74, 6) is -0.605. The summed E-state index contributed by atoms with van der Waals surface area (Å²) in [6, 6.07) is 7.88. The predicted octanol–water partition coefficient (Wildman–Crippen LogP) is 4.53. The molecule has 0 aliphatic heterocycles. The van der Waals surface area contributed by atoms with E-state index in [0.29, 0.717) is 35.9 Å². The zero-order valence-electron chi connectivity index (χ0n) is 15.1. The largest absolute Gasteiger partial charge is 0.478 e. The first-order valence-electron chi connectivity index (χ1n) is 8.47. The maximum Gasteiger partial charge on any atom is 0.337 e. The highest BCUT2D eigenvalue weighted by atomic mass is 35.5. The Hall–Kier alpha value is -2.57. The number of nitrogens with zero attached hydrogens (tertiary/aromatic N) is 1. The molecular weight excluding hydrogens is 371 g/mol. The smallest absolute Gasteiger partial charge is 0.337 e. The maximum atomic E-state index is 13.3. The second-order valence-electron chi connectivity index (χ2n) is 6.33. The monoisotopic (exact) mass is 390 g/mol. The minimum Gasteiger partial charge on any atom is -0.478 e. The molecule has 3 rings (SSSR count). The van der Waals surface area contributed by atoms with Crippen LogP contribution in [0.4, 0.5) is 4.39 Å². The minimum absolute atomic E-state index is 0.276. The van der Waals surface area contributed by atoms with Crippen molar-refractivity contribution in [2.75, 3.05) is 0 Å². The fourth-order valence-electron chi connectivity index (χ4n) is 3.23. The van der Waals surface area contributed by atoms with E-state index < -0.39 is 11.8 Å². The minimum atomic E-state index is -0.977. The summed E-state index contributed by atoms with van der Waals surface area (Å²) in [5, 5.41) is 13.2. The predicted molar refractivity (Wildman–Crippen MR) is 101 cm³/mol. The SMILES string of the molecule is Cc1c(CNCc2ccco2)c(C(=O)O)c(C)n1Cc1ccc(F)cc1Cl. The van der Waals surface area contributed by atoms with Crippen molar-refractivity contribution in [3.05, 3.63) is 81.3 Å². The lowest BCUT2D eigenvalue weighted by Gasteiger charge is -2.11. The number of aromatic nitrogens is 1. The number of hydrogen-bond donors (Lipinski definition) is 2. The number of carboxylic acids is 1. The van der Waals surface area contributed by atoms with Gasteiger partial charge in [0.1, 0.15) is 11.6 Å². The van der Waals surface area contributed by atoms with Crippen molar-refractivity contribution in [1.82, 2.24) is 9.88 Å². The summed E-state index contributed by atoms with van der Waals surface area (Å²) in [5.41, 5.74) is 3.18. The molecule has 142 valence electrons. The Morgan fingerprint density at radius 2 is 2.04 bits per heavy atom. The molecule has 27 heavy (non-hydrogen) atoms. The van der Waals surface area contributed by atoms with E-state index in [2.05, 4.69) is 5.32 Å². The second kappa shape index (κ2) is 7.98. The first-order chi connectivity index (χ1) is 12.9. The zero-order valence-corrected chi connectivity index (χ0v) is 15.8. The number of carboxylic acid groups (broad SMARTS) is 1. The van der Waals surface area contributed by atoms with Crippen molar-refractivity contribution in [3.63, 3.8) is 0 Å². The van der Waals surface area contributed by atoms with E-state index >= 15 is 0 Å². The number of carbonyl (C=O) groups is 1. The van der Waals surface area contributed by atoms with E-state index in [0.717, 1.165) is 17.0 Å². The van der Waals surface area contributed by atoms with Gasteiger partial charge in [0.05, 0.1) is 18.4 Å². The third kappa shape index (κ3) is 4.07. The van der Waals surface area contributed by atoms with E-state index in [1.54, 1.807) is 25.3 Å². The average molecular weight is 391 g/mol. The van der Waals surface area contributed by atoms with E-state index in [1.807, 2.05) is 17.6 Å². The Morgan fingerprint density at radius 3 is 2.67 bits per heavy atom. The van der Waals surface area contributed by atoms with Crippen molar-refractivity contribution in [3.8, 4) is 0 Å². The number of nitrogens with one attached hydrogen (secondary N) is 1. The molecule has 1 aromatic carbocycles. The highest BCUT2D eigenvalue weighted by molar-refractivity contribution is 6.31. The molecular formula is C20H20ClFN2O3. The van der Waals surface area contributed by atoms with Crippen molar-refractivity contribution in [2.45, 2.75) is 33.5 Å². The molecule has 0 saturated carbocycles. The van der Waals surface area contributed by atoms with Gasteiger partial charge in [-0.05, 0) is 43.7 Å². The summed E-state index contributed by atoms with van der Waals surface area (Å²) in [6.07, 6.45) is 1.60. The third-order valence-corrected chi connectivity index (χ3v) is 5.00. The topological polar surface area (TPSA) is 67.4 Å². The second-order valence-corrected chi connectivity index (χ2v) is 6.74. The van der Waals surface area contributed by atoms with Crippen LogP contribution in [-0.4, -0.2) is 15.6 Å². The van der Waals surface area contributed by atoms with Gasteiger partial charge in [0.2, 0.25) is 0 Å². The normalized spacial score (nSPS) is 11.1. The molecule has 0 bridgehead atoms. The van der Waals surface area contributed by atoms with E-state index in [9.17, 15) is 14.3 Å². The third-order valence-electron chi connectivity index (χ3n) is 4.65. The Kier molecular flexibility index (Phi) is 5.68. The highest BCUT2D eigenvalue weighted by Gasteiger charge is 2.22. The zero-order chi connectivity index (χ0) is 19.6. The van der Waals surface area contributed by atoms with Crippen molar-refractivity contribution >= 4 is 17.6 Å². The van der Waals surface area contributed by atoms with Gasteiger partial charge in [0.15, 0.2) is 0 Å².